The van der Waals surface area contributed by atoms with E-state index >= 15 is 0 Å². The summed E-state index contributed by atoms with van der Waals surface area (Å²) in [7, 11) is 1.52. The molecule has 0 bridgehead atoms. The number of hydrogen-bond acceptors (Lipinski definition) is 4. The number of aromatic hydroxyl groups is 1. The number of methoxy groups -OCH3 is 1. The van der Waals surface area contributed by atoms with Gasteiger partial charge in [0, 0.05) is 5.69 Å². The van der Waals surface area contributed by atoms with Gasteiger partial charge in [-0.15, -0.1) is 0 Å². The van der Waals surface area contributed by atoms with Crippen LogP contribution < -0.4 is 4.74 Å². The number of nitriles is 1. The molecule has 0 aliphatic heterocycles. The van der Waals surface area contributed by atoms with Crippen LogP contribution >= 0.6 is 12.2 Å². The standard InChI is InChI=1S/C18H12F3N3O2S/c1-26-14-6-4-12(5-7-14)23-10-16(25)24(17(23)27)13-3-2-11(9-22)15(8-13)18(19,20)21/h2-8,10,25H,1H3. The summed E-state index contributed by atoms with van der Waals surface area (Å²) >= 11 is 5.32. The summed E-state index contributed by atoms with van der Waals surface area (Å²) in [4.78, 5) is 0. The normalized spacial score (nSPS) is 11.2. The Hall–Kier alpha value is -3.25. The molecule has 2 aromatic carbocycles. The van der Waals surface area contributed by atoms with Crippen LogP contribution in [0, 0.1) is 16.1 Å². The predicted octanol–water partition coefficient (Wildman–Crippen LogP) is 4.60. The van der Waals surface area contributed by atoms with Crippen LogP contribution in [0.3, 0.4) is 0 Å². The number of alkyl halides is 3. The lowest BCUT2D eigenvalue weighted by molar-refractivity contribution is -0.137. The zero-order chi connectivity index (χ0) is 19.8. The van der Waals surface area contributed by atoms with E-state index in [1.165, 1.54) is 30.0 Å². The molecular formula is C18H12F3N3O2S. The third-order valence-corrected chi connectivity index (χ3v) is 4.29. The molecule has 1 heterocycles. The fraction of sp³-hybridized carbons (Fsp3) is 0.111. The molecule has 0 atom stereocenters. The fourth-order valence-electron chi connectivity index (χ4n) is 2.61. The first-order valence-electron chi connectivity index (χ1n) is 7.55. The van der Waals surface area contributed by atoms with Crippen LogP contribution in [0.4, 0.5) is 13.2 Å². The van der Waals surface area contributed by atoms with E-state index in [2.05, 4.69) is 0 Å². The van der Waals surface area contributed by atoms with Crippen LogP contribution in [0.1, 0.15) is 11.1 Å². The Kier molecular flexibility index (Phi) is 4.68. The molecule has 138 valence electrons. The van der Waals surface area contributed by atoms with Crippen molar-refractivity contribution in [1.82, 2.24) is 9.13 Å². The Morgan fingerprint density at radius 2 is 1.74 bits per heavy atom. The van der Waals surface area contributed by atoms with Crippen LogP contribution in [0.5, 0.6) is 11.6 Å². The van der Waals surface area contributed by atoms with Gasteiger partial charge in [0.05, 0.1) is 36.2 Å². The Morgan fingerprint density at radius 1 is 1.11 bits per heavy atom. The number of nitrogens with zero attached hydrogens (tertiary/aromatic N) is 3. The Bertz CT molecular complexity index is 1090. The van der Waals surface area contributed by atoms with E-state index < -0.39 is 17.3 Å². The summed E-state index contributed by atoms with van der Waals surface area (Å²) in [6, 6.07) is 11.4. The smallest absolute Gasteiger partial charge is 0.417 e. The zero-order valence-corrected chi connectivity index (χ0v) is 14.7. The van der Waals surface area contributed by atoms with Gasteiger partial charge >= 0.3 is 6.18 Å². The second-order valence-corrected chi connectivity index (χ2v) is 5.88. The fourth-order valence-corrected chi connectivity index (χ4v) is 2.97. The van der Waals surface area contributed by atoms with Gasteiger partial charge in [-0.05, 0) is 54.7 Å². The molecule has 1 aromatic heterocycles. The lowest BCUT2D eigenvalue weighted by Crippen LogP contribution is -2.09. The monoisotopic (exact) mass is 391 g/mol. The van der Waals surface area contributed by atoms with Crippen molar-refractivity contribution in [2.24, 2.45) is 0 Å². The van der Waals surface area contributed by atoms with E-state index in [4.69, 9.17) is 22.2 Å². The van der Waals surface area contributed by atoms with Gasteiger partial charge in [0.2, 0.25) is 5.88 Å². The number of benzene rings is 2. The molecule has 0 saturated heterocycles. The molecular weight excluding hydrogens is 379 g/mol. The first-order chi connectivity index (χ1) is 12.8. The minimum Gasteiger partial charge on any atom is -0.497 e. The largest absolute Gasteiger partial charge is 0.497 e. The van der Waals surface area contributed by atoms with Gasteiger partial charge in [-0.3, -0.25) is 9.13 Å². The van der Waals surface area contributed by atoms with Crippen LogP contribution in [0.2, 0.25) is 0 Å². The van der Waals surface area contributed by atoms with Crippen LogP contribution in [-0.2, 0) is 6.18 Å². The highest BCUT2D eigenvalue weighted by molar-refractivity contribution is 7.71. The highest BCUT2D eigenvalue weighted by Gasteiger charge is 2.34. The molecule has 27 heavy (non-hydrogen) atoms. The van der Waals surface area contributed by atoms with Gasteiger partial charge in [-0.1, -0.05) is 0 Å². The minimum atomic E-state index is -4.71. The summed E-state index contributed by atoms with van der Waals surface area (Å²) < 4.78 is 47.3. The maximum atomic E-state index is 13.2. The average Bonchev–Trinajstić information content (AvgIpc) is 2.95. The Labute approximate surface area is 157 Å². The molecule has 0 radical (unpaired) electrons. The van der Waals surface area contributed by atoms with Crippen molar-refractivity contribution in [3.63, 3.8) is 0 Å². The van der Waals surface area contributed by atoms with Gasteiger partial charge in [0.25, 0.3) is 0 Å². The van der Waals surface area contributed by atoms with Gasteiger partial charge in [-0.25, -0.2) is 0 Å². The van der Waals surface area contributed by atoms with Gasteiger partial charge in [0.1, 0.15) is 5.75 Å². The lowest BCUT2D eigenvalue weighted by atomic mass is 10.1. The van der Waals surface area contributed by atoms with Crippen molar-refractivity contribution in [2.75, 3.05) is 7.11 Å². The van der Waals surface area contributed by atoms with E-state index in [-0.39, 0.29) is 16.3 Å². The highest BCUT2D eigenvalue weighted by atomic mass is 32.1. The quantitative estimate of drug-likeness (QED) is 0.663. The van der Waals surface area contributed by atoms with E-state index in [9.17, 15) is 18.3 Å². The summed E-state index contributed by atoms with van der Waals surface area (Å²) in [6.07, 6.45) is -3.41. The van der Waals surface area contributed by atoms with E-state index in [0.29, 0.717) is 11.4 Å². The summed E-state index contributed by atoms with van der Waals surface area (Å²) in [5.41, 5.74) is -1.01. The maximum absolute atomic E-state index is 13.2. The Morgan fingerprint density at radius 3 is 2.30 bits per heavy atom. The molecule has 3 aromatic rings. The summed E-state index contributed by atoms with van der Waals surface area (Å²) in [5.74, 6) is 0.282. The number of hydrogen-bond donors (Lipinski definition) is 1. The second kappa shape index (κ2) is 6.81. The second-order valence-electron chi connectivity index (χ2n) is 5.51. The van der Waals surface area contributed by atoms with Crippen molar-refractivity contribution in [3.8, 4) is 29.1 Å². The van der Waals surface area contributed by atoms with Crippen molar-refractivity contribution in [3.05, 3.63) is 64.6 Å². The maximum Gasteiger partial charge on any atom is 0.417 e. The van der Waals surface area contributed by atoms with E-state index in [1.54, 1.807) is 24.3 Å². The molecule has 0 aliphatic carbocycles. The molecule has 0 unspecified atom stereocenters. The van der Waals surface area contributed by atoms with Crippen molar-refractivity contribution >= 4 is 12.2 Å². The van der Waals surface area contributed by atoms with Gasteiger partial charge in [-0.2, -0.15) is 18.4 Å². The summed E-state index contributed by atoms with van der Waals surface area (Å²) in [5, 5.41) is 19.2. The molecule has 0 spiro atoms. The third-order valence-electron chi connectivity index (χ3n) is 3.91. The molecule has 9 heteroatoms. The lowest BCUT2D eigenvalue weighted by Gasteiger charge is -2.12. The van der Waals surface area contributed by atoms with Crippen LogP contribution in [0.15, 0.2) is 48.7 Å². The van der Waals surface area contributed by atoms with Crippen LogP contribution in [0.25, 0.3) is 11.4 Å². The van der Waals surface area contributed by atoms with E-state index in [1.807, 2.05) is 0 Å². The molecule has 0 amide bonds. The molecule has 0 aliphatic rings. The predicted molar refractivity (Wildman–Crippen MR) is 93.9 cm³/mol. The van der Waals surface area contributed by atoms with Gasteiger partial charge in [0.15, 0.2) is 4.77 Å². The minimum absolute atomic E-state index is 0.00362. The average molecular weight is 391 g/mol. The summed E-state index contributed by atoms with van der Waals surface area (Å²) in [6.45, 7) is 0. The number of aromatic nitrogens is 2. The first-order valence-corrected chi connectivity index (χ1v) is 7.96. The van der Waals surface area contributed by atoms with Gasteiger partial charge < -0.3 is 9.84 Å². The SMILES string of the molecule is COc1ccc(-n2cc(O)n(-c3ccc(C#N)c(C(F)(F)F)c3)c2=S)cc1. The van der Waals surface area contributed by atoms with Crippen molar-refractivity contribution in [1.29, 1.82) is 5.26 Å². The molecule has 0 saturated carbocycles. The molecule has 0 fully saturated rings. The number of rotatable bonds is 3. The number of ether oxygens (including phenoxy) is 1. The highest BCUT2D eigenvalue weighted by Crippen LogP contribution is 2.34. The van der Waals surface area contributed by atoms with Crippen molar-refractivity contribution < 1.29 is 23.0 Å². The number of halogens is 3. The van der Waals surface area contributed by atoms with E-state index in [0.717, 1.165) is 16.7 Å². The van der Waals surface area contributed by atoms with Crippen LogP contribution in [-0.4, -0.2) is 21.4 Å². The molecule has 3 rings (SSSR count). The topological polar surface area (TPSA) is 63.1 Å². The first kappa shape index (κ1) is 18.5. The third kappa shape index (κ3) is 3.39. The zero-order valence-electron chi connectivity index (χ0n) is 13.9. The Balaban J connectivity index is 2.15. The molecule has 5 nitrogen and oxygen atoms in total. The van der Waals surface area contributed by atoms with Crippen molar-refractivity contribution in [2.45, 2.75) is 6.18 Å². The molecule has 1 N–H and O–H groups in total. The number of imidazole rings is 1.